The van der Waals surface area contributed by atoms with Crippen LogP contribution in [0.5, 0.6) is 0 Å². The summed E-state index contributed by atoms with van der Waals surface area (Å²) in [7, 11) is 0. The van der Waals surface area contributed by atoms with E-state index in [2.05, 4.69) is 10.3 Å². The Morgan fingerprint density at radius 1 is 1.40 bits per heavy atom. The van der Waals surface area contributed by atoms with E-state index in [1.54, 1.807) is 18.5 Å². The zero-order valence-electron chi connectivity index (χ0n) is 11.2. The smallest absolute Gasteiger partial charge is 0.242 e. The Balaban J connectivity index is 2.05. The minimum atomic E-state index is -0.722. The van der Waals surface area contributed by atoms with Gasteiger partial charge >= 0.3 is 0 Å². The second kappa shape index (κ2) is 6.48. The Morgan fingerprint density at radius 3 is 2.90 bits per heavy atom. The summed E-state index contributed by atoms with van der Waals surface area (Å²) in [5, 5.41) is 11.9. The van der Waals surface area contributed by atoms with E-state index in [4.69, 9.17) is 5.26 Å². The van der Waals surface area contributed by atoms with Crippen LogP contribution in [0.3, 0.4) is 0 Å². The van der Waals surface area contributed by atoms with Crippen molar-refractivity contribution >= 4 is 11.6 Å². The molecule has 1 heterocycles. The zero-order valence-corrected chi connectivity index (χ0v) is 11.2. The molecule has 1 amide bonds. The fourth-order valence-corrected chi connectivity index (χ4v) is 1.90. The molecular formula is C16H15N3O. The Kier molecular flexibility index (Phi) is 4.46. The molecular weight excluding hydrogens is 250 g/mol. The highest BCUT2D eigenvalue weighted by Gasteiger charge is 2.18. The Hall–Kier alpha value is -2.67. The molecule has 0 radical (unpaired) electrons. The van der Waals surface area contributed by atoms with Crippen molar-refractivity contribution in [1.82, 2.24) is 4.98 Å². The fraction of sp³-hybridized carbons (Fsp3) is 0.188. The number of carbonyl (C=O) groups excluding carboxylic acids is 1. The lowest BCUT2D eigenvalue weighted by molar-refractivity contribution is -0.118. The number of carbonyl (C=O) groups is 1. The van der Waals surface area contributed by atoms with Gasteiger partial charge in [0.2, 0.25) is 5.91 Å². The SMILES string of the molecule is Cc1cccc(NC(=O)C(C#N)Cc2cccnc2)c1. The van der Waals surface area contributed by atoms with Crippen molar-refractivity contribution in [3.05, 3.63) is 59.9 Å². The number of aryl methyl sites for hydroxylation is 1. The van der Waals surface area contributed by atoms with Gasteiger partial charge < -0.3 is 5.32 Å². The van der Waals surface area contributed by atoms with E-state index >= 15 is 0 Å². The van der Waals surface area contributed by atoms with Gasteiger partial charge in [-0.05, 0) is 42.7 Å². The fourth-order valence-electron chi connectivity index (χ4n) is 1.90. The molecule has 0 aliphatic heterocycles. The average Bonchev–Trinajstić information content (AvgIpc) is 2.45. The van der Waals surface area contributed by atoms with Gasteiger partial charge in [-0.25, -0.2) is 0 Å². The summed E-state index contributed by atoms with van der Waals surface area (Å²) >= 11 is 0. The Morgan fingerprint density at radius 2 is 2.25 bits per heavy atom. The average molecular weight is 265 g/mol. The van der Waals surface area contributed by atoms with E-state index in [-0.39, 0.29) is 5.91 Å². The van der Waals surface area contributed by atoms with Crippen LogP contribution in [0.25, 0.3) is 0 Å². The van der Waals surface area contributed by atoms with Gasteiger partial charge in [0.25, 0.3) is 0 Å². The number of anilines is 1. The first kappa shape index (κ1) is 13.8. The summed E-state index contributed by atoms with van der Waals surface area (Å²) in [4.78, 5) is 16.1. The van der Waals surface area contributed by atoms with E-state index in [1.165, 1.54) is 0 Å². The van der Waals surface area contributed by atoms with Crippen molar-refractivity contribution in [2.24, 2.45) is 5.92 Å². The second-order valence-electron chi connectivity index (χ2n) is 4.61. The molecule has 0 aliphatic rings. The minimum absolute atomic E-state index is 0.290. The van der Waals surface area contributed by atoms with Gasteiger partial charge in [-0.15, -0.1) is 0 Å². The molecule has 2 rings (SSSR count). The number of nitrogens with zero attached hydrogens (tertiary/aromatic N) is 2. The van der Waals surface area contributed by atoms with E-state index in [9.17, 15) is 4.79 Å². The predicted molar refractivity (Wildman–Crippen MR) is 76.9 cm³/mol. The van der Waals surface area contributed by atoms with Crippen LogP contribution in [0.1, 0.15) is 11.1 Å². The Bertz CT molecular complexity index is 632. The third kappa shape index (κ3) is 3.66. The first-order chi connectivity index (χ1) is 9.69. The summed E-state index contributed by atoms with van der Waals surface area (Å²) in [5.74, 6) is -1.01. The van der Waals surface area contributed by atoms with E-state index in [1.807, 2.05) is 43.3 Å². The van der Waals surface area contributed by atoms with Gasteiger partial charge in [-0.3, -0.25) is 9.78 Å². The number of amides is 1. The Labute approximate surface area is 118 Å². The lowest BCUT2D eigenvalue weighted by Crippen LogP contribution is -2.23. The third-order valence-corrected chi connectivity index (χ3v) is 2.92. The molecule has 0 saturated heterocycles. The lowest BCUT2D eigenvalue weighted by atomic mass is 10.0. The molecule has 4 nitrogen and oxygen atoms in total. The zero-order chi connectivity index (χ0) is 14.4. The molecule has 0 spiro atoms. The molecule has 1 aromatic carbocycles. The van der Waals surface area contributed by atoms with Crippen LogP contribution in [0.2, 0.25) is 0 Å². The molecule has 0 fully saturated rings. The lowest BCUT2D eigenvalue weighted by Gasteiger charge is -2.10. The van der Waals surface area contributed by atoms with Crippen LogP contribution in [-0.4, -0.2) is 10.9 Å². The predicted octanol–water partition coefficient (Wildman–Crippen LogP) is 2.71. The van der Waals surface area contributed by atoms with Gasteiger partial charge in [-0.1, -0.05) is 18.2 Å². The number of benzene rings is 1. The highest BCUT2D eigenvalue weighted by Crippen LogP contribution is 2.13. The van der Waals surface area contributed by atoms with Gasteiger partial charge in [0, 0.05) is 18.1 Å². The summed E-state index contributed by atoms with van der Waals surface area (Å²) < 4.78 is 0. The number of nitriles is 1. The van der Waals surface area contributed by atoms with Crippen molar-refractivity contribution in [2.75, 3.05) is 5.32 Å². The molecule has 0 saturated carbocycles. The minimum Gasteiger partial charge on any atom is -0.325 e. The van der Waals surface area contributed by atoms with Gasteiger partial charge in [0.05, 0.1) is 6.07 Å². The normalized spacial score (nSPS) is 11.4. The number of nitrogens with one attached hydrogen (secondary N) is 1. The van der Waals surface area contributed by atoms with Crippen molar-refractivity contribution in [2.45, 2.75) is 13.3 Å². The number of hydrogen-bond donors (Lipinski definition) is 1. The van der Waals surface area contributed by atoms with E-state index < -0.39 is 5.92 Å². The number of aromatic nitrogens is 1. The second-order valence-corrected chi connectivity index (χ2v) is 4.61. The highest BCUT2D eigenvalue weighted by atomic mass is 16.1. The van der Waals surface area contributed by atoms with Crippen LogP contribution >= 0.6 is 0 Å². The molecule has 100 valence electrons. The molecule has 1 N–H and O–H groups in total. The van der Waals surface area contributed by atoms with Crippen molar-refractivity contribution in [3.63, 3.8) is 0 Å². The molecule has 1 atom stereocenters. The molecule has 0 aliphatic carbocycles. The largest absolute Gasteiger partial charge is 0.325 e. The van der Waals surface area contributed by atoms with Crippen molar-refractivity contribution in [1.29, 1.82) is 5.26 Å². The van der Waals surface area contributed by atoms with E-state index in [0.29, 0.717) is 12.1 Å². The first-order valence-corrected chi connectivity index (χ1v) is 6.35. The van der Waals surface area contributed by atoms with Gasteiger partial charge in [0.1, 0.15) is 5.92 Å². The first-order valence-electron chi connectivity index (χ1n) is 6.35. The molecule has 1 unspecified atom stereocenters. The summed E-state index contributed by atoms with van der Waals surface area (Å²) in [5.41, 5.74) is 2.64. The summed E-state index contributed by atoms with van der Waals surface area (Å²) in [6, 6.07) is 13.2. The summed E-state index contributed by atoms with van der Waals surface area (Å²) in [6.07, 6.45) is 3.70. The topological polar surface area (TPSA) is 65.8 Å². The summed E-state index contributed by atoms with van der Waals surface area (Å²) in [6.45, 7) is 1.95. The van der Waals surface area contributed by atoms with Crippen LogP contribution < -0.4 is 5.32 Å². The number of hydrogen-bond acceptors (Lipinski definition) is 3. The van der Waals surface area contributed by atoms with E-state index in [0.717, 1.165) is 11.1 Å². The van der Waals surface area contributed by atoms with Gasteiger partial charge in [0.15, 0.2) is 0 Å². The van der Waals surface area contributed by atoms with Crippen LogP contribution in [0, 0.1) is 24.2 Å². The van der Waals surface area contributed by atoms with Crippen LogP contribution in [0.4, 0.5) is 5.69 Å². The number of pyridine rings is 1. The maximum absolute atomic E-state index is 12.1. The maximum atomic E-state index is 12.1. The standard InChI is InChI=1S/C16H15N3O/c1-12-4-2-6-15(8-12)19-16(20)14(10-17)9-13-5-3-7-18-11-13/h2-8,11,14H,9H2,1H3,(H,19,20). The third-order valence-electron chi connectivity index (χ3n) is 2.92. The monoisotopic (exact) mass is 265 g/mol. The van der Waals surface area contributed by atoms with Crippen LogP contribution in [0.15, 0.2) is 48.8 Å². The van der Waals surface area contributed by atoms with Gasteiger partial charge in [-0.2, -0.15) is 5.26 Å². The molecule has 1 aromatic heterocycles. The molecule has 2 aromatic rings. The van der Waals surface area contributed by atoms with Crippen molar-refractivity contribution in [3.8, 4) is 6.07 Å². The number of rotatable bonds is 4. The molecule has 0 bridgehead atoms. The highest BCUT2D eigenvalue weighted by molar-refractivity contribution is 5.94. The van der Waals surface area contributed by atoms with Crippen molar-refractivity contribution < 1.29 is 4.79 Å². The van der Waals surface area contributed by atoms with Crippen LogP contribution in [-0.2, 0) is 11.2 Å². The molecule has 4 heteroatoms. The molecule has 20 heavy (non-hydrogen) atoms. The maximum Gasteiger partial charge on any atom is 0.242 e. The quantitative estimate of drug-likeness (QED) is 0.924.